The first-order chi connectivity index (χ1) is 15.5. The predicted octanol–water partition coefficient (Wildman–Crippen LogP) is -6.91. The zero-order valence-electron chi connectivity index (χ0n) is 17.8. The molecule has 2 aliphatic rings. The van der Waals surface area contributed by atoms with E-state index in [4.69, 9.17) is 18.9 Å². The molecule has 14 unspecified atom stereocenters. The van der Waals surface area contributed by atoms with Gasteiger partial charge in [-0.3, -0.25) is 0 Å². The van der Waals surface area contributed by atoms with E-state index in [-0.39, 0.29) is 0 Å². The third-order valence-electron chi connectivity index (χ3n) is 5.72. The summed E-state index contributed by atoms with van der Waals surface area (Å²) in [5.41, 5.74) is 0. The molecular weight excluding hydrogens is 456 g/mol. The molecule has 0 amide bonds. The minimum absolute atomic E-state index is 0.726. The molecule has 0 saturated carbocycles. The Balaban J connectivity index is 2.21. The van der Waals surface area contributed by atoms with Gasteiger partial charge in [-0.1, -0.05) is 0 Å². The highest BCUT2D eigenvalue weighted by atomic mass is 16.7. The van der Waals surface area contributed by atoms with Crippen molar-refractivity contribution in [3.63, 3.8) is 0 Å². The quantitative estimate of drug-likeness (QED) is 0.136. The second-order valence-electron chi connectivity index (χ2n) is 8.08. The molecule has 0 aliphatic carbocycles. The van der Waals surface area contributed by atoms with Gasteiger partial charge >= 0.3 is 0 Å². The molecule has 2 aliphatic heterocycles. The molecule has 15 nitrogen and oxygen atoms in total. The molecule has 196 valence electrons. The van der Waals surface area contributed by atoms with Gasteiger partial charge in [-0.15, -0.1) is 0 Å². The second kappa shape index (κ2) is 12.4. The van der Waals surface area contributed by atoms with E-state index in [1.54, 1.807) is 0 Å². The fourth-order valence-electron chi connectivity index (χ4n) is 3.60. The highest BCUT2D eigenvalue weighted by molar-refractivity contribution is 4.92. The van der Waals surface area contributed by atoms with Gasteiger partial charge in [-0.2, -0.15) is 0 Å². The minimum Gasteiger partial charge on any atom is -0.394 e. The molecule has 0 aromatic heterocycles. The van der Waals surface area contributed by atoms with E-state index >= 15 is 0 Å². The first kappa shape index (κ1) is 28.6. The van der Waals surface area contributed by atoms with E-state index in [1.165, 1.54) is 6.92 Å². The standard InChI is InChI=1S/C18H34O15/c1-5(30-17-14(28)12(26)10(24)7(3-20)31-17)16(9(23)6(22)2-19)33-18-15(29)13(27)11(25)8(4-21)32-18/h5-29H,2-4H2,1H3. The van der Waals surface area contributed by atoms with Crippen LogP contribution in [0.2, 0.25) is 0 Å². The molecule has 2 fully saturated rings. The van der Waals surface area contributed by atoms with E-state index in [0.29, 0.717) is 0 Å². The van der Waals surface area contributed by atoms with Crippen molar-refractivity contribution >= 4 is 0 Å². The van der Waals surface area contributed by atoms with Crippen LogP contribution in [-0.2, 0) is 18.9 Å². The summed E-state index contributed by atoms with van der Waals surface area (Å²) in [6.07, 6.45) is -23.2. The van der Waals surface area contributed by atoms with Crippen molar-refractivity contribution in [1.82, 2.24) is 0 Å². The van der Waals surface area contributed by atoms with Crippen LogP contribution in [0.25, 0.3) is 0 Å². The van der Waals surface area contributed by atoms with Crippen LogP contribution < -0.4 is 0 Å². The number of ether oxygens (including phenoxy) is 4. The normalized spacial score (nSPS) is 43.6. The van der Waals surface area contributed by atoms with Crippen LogP contribution in [0, 0.1) is 0 Å². The van der Waals surface area contributed by atoms with Crippen LogP contribution in [0.5, 0.6) is 0 Å². The van der Waals surface area contributed by atoms with Crippen molar-refractivity contribution in [2.75, 3.05) is 19.8 Å². The largest absolute Gasteiger partial charge is 0.394 e. The van der Waals surface area contributed by atoms with Gasteiger partial charge in [-0.25, -0.2) is 0 Å². The zero-order valence-corrected chi connectivity index (χ0v) is 17.8. The fraction of sp³-hybridized carbons (Fsp3) is 1.00. The Kier molecular flexibility index (Phi) is 10.7. The van der Waals surface area contributed by atoms with Crippen molar-refractivity contribution < 1.29 is 75.1 Å². The van der Waals surface area contributed by atoms with E-state index in [0.717, 1.165) is 0 Å². The summed E-state index contributed by atoms with van der Waals surface area (Å²) in [7, 11) is 0. The summed E-state index contributed by atoms with van der Waals surface area (Å²) in [5.74, 6) is 0. The van der Waals surface area contributed by atoms with E-state index in [9.17, 15) is 56.2 Å². The number of aliphatic hydroxyl groups excluding tert-OH is 11. The molecule has 2 saturated heterocycles. The lowest BCUT2D eigenvalue weighted by atomic mass is 9.98. The van der Waals surface area contributed by atoms with Crippen LogP contribution >= 0.6 is 0 Å². The Morgan fingerprint density at radius 1 is 0.667 bits per heavy atom. The van der Waals surface area contributed by atoms with Crippen molar-refractivity contribution in [2.24, 2.45) is 0 Å². The van der Waals surface area contributed by atoms with Crippen molar-refractivity contribution in [1.29, 1.82) is 0 Å². The van der Waals surface area contributed by atoms with Crippen LogP contribution in [0.1, 0.15) is 6.92 Å². The van der Waals surface area contributed by atoms with Gasteiger partial charge < -0.3 is 75.1 Å². The molecule has 0 aromatic carbocycles. The van der Waals surface area contributed by atoms with Crippen LogP contribution in [0.15, 0.2) is 0 Å². The van der Waals surface area contributed by atoms with Gasteiger partial charge in [0.1, 0.15) is 67.1 Å². The topological polar surface area (TPSA) is 259 Å². The highest BCUT2D eigenvalue weighted by Gasteiger charge is 2.49. The smallest absolute Gasteiger partial charge is 0.187 e. The second-order valence-corrected chi connectivity index (χ2v) is 8.08. The number of aliphatic hydroxyl groups is 11. The molecule has 11 N–H and O–H groups in total. The van der Waals surface area contributed by atoms with Crippen LogP contribution in [-0.4, -0.2) is 162 Å². The van der Waals surface area contributed by atoms with Crippen molar-refractivity contribution in [3.05, 3.63) is 0 Å². The molecule has 0 radical (unpaired) electrons. The summed E-state index contributed by atoms with van der Waals surface area (Å²) in [4.78, 5) is 0. The van der Waals surface area contributed by atoms with Crippen LogP contribution in [0.3, 0.4) is 0 Å². The van der Waals surface area contributed by atoms with E-state index in [1.807, 2.05) is 0 Å². The molecule has 0 bridgehead atoms. The maximum atomic E-state index is 10.4. The summed E-state index contributed by atoms with van der Waals surface area (Å²) in [6.45, 7) is -1.13. The zero-order chi connectivity index (χ0) is 25.0. The molecule has 2 heterocycles. The van der Waals surface area contributed by atoms with Crippen LogP contribution in [0.4, 0.5) is 0 Å². The lowest BCUT2D eigenvalue weighted by molar-refractivity contribution is -0.347. The minimum atomic E-state index is -1.89. The summed E-state index contributed by atoms with van der Waals surface area (Å²) >= 11 is 0. The van der Waals surface area contributed by atoms with Crippen molar-refractivity contribution in [3.8, 4) is 0 Å². The third kappa shape index (κ3) is 6.35. The lowest BCUT2D eigenvalue weighted by Crippen LogP contribution is -2.62. The molecule has 2 rings (SSSR count). The van der Waals surface area contributed by atoms with Gasteiger partial charge in [0.05, 0.1) is 25.9 Å². The van der Waals surface area contributed by atoms with Gasteiger partial charge in [0.15, 0.2) is 12.6 Å². The SMILES string of the molecule is CC(OC1OC(CO)C(O)C(O)C1O)C(OC1OC(CO)C(O)C(O)C1O)C(O)C(O)CO. The Bertz CT molecular complexity index is 579. The van der Waals surface area contributed by atoms with Gasteiger partial charge in [-0.05, 0) is 6.92 Å². The third-order valence-corrected chi connectivity index (χ3v) is 5.72. The monoisotopic (exact) mass is 490 g/mol. The first-order valence-corrected chi connectivity index (χ1v) is 10.4. The Hall–Kier alpha value is -0.600. The molecular formula is C18H34O15. The fourth-order valence-corrected chi connectivity index (χ4v) is 3.60. The molecule has 0 spiro atoms. The predicted molar refractivity (Wildman–Crippen MR) is 102 cm³/mol. The van der Waals surface area contributed by atoms with Gasteiger partial charge in [0.25, 0.3) is 0 Å². The Morgan fingerprint density at radius 2 is 1.09 bits per heavy atom. The molecule has 0 aromatic rings. The lowest BCUT2D eigenvalue weighted by Gasteiger charge is -2.44. The molecule has 33 heavy (non-hydrogen) atoms. The average Bonchev–Trinajstić information content (AvgIpc) is 2.81. The number of hydrogen-bond donors (Lipinski definition) is 11. The first-order valence-electron chi connectivity index (χ1n) is 10.4. The maximum absolute atomic E-state index is 10.4. The van der Waals surface area contributed by atoms with E-state index < -0.39 is 106 Å². The summed E-state index contributed by atoms with van der Waals surface area (Å²) in [5, 5.41) is 108. The van der Waals surface area contributed by atoms with Crippen molar-refractivity contribution in [2.45, 2.75) is 92.8 Å². The summed E-state index contributed by atoms with van der Waals surface area (Å²) < 4.78 is 21.4. The van der Waals surface area contributed by atoms with Gasteiger partial charge in [0.2, 0.25) is 0 Å². The molecule has 15 heteroatoms. The average molecular weight is 490 g/mol. The van der Waals surface area contributed by atoms with Gasteiger partial charge in [0, 0.05) is 0 Å². The Morgan fingerprint density at radius 3 is 1.48 bits per heavy atom. The molecule has 14 atom stereocenters. The Labute approximate surface area is 188 Å². The van der Waals surface area contributed by atoms with E-state index in [2.05, 4.69) is 0 Å². The number of hydrogen-bond acceptors (Lipinski definition) is 15. The highest BCUT2D eigenvalue weighted by Crippen LogP contribution is 2.28. The maximum Gasteiger partial charge on any atom is 0.187 e. The number of rotatable bonds is 10. The summed E-state index contributed by atoms with van der Waals surface area (Å²) in [6, 6.07) is 0.